The molecule has 29 heavy (non-hydrogen) atoms. The molecule has 150 valence electrons. The molecule has 9 nitrogen and oxygen atoms in total. The standard InChI is InChI=1S/C20H22N6O3/c1-15(27)23-9-11-24(12-10-23)18(28)7-8-25-14-21-19-17(20(25)29)13-22-26(19)16-5-3-2-4-6-16/h2-6,13-14H,7-12H2,1H3. The molecule has 1 fully saturated rings. The van der Waals surface area contributed by atoms with E-state index in [9.17, 15) is 14.4 Å². The van der Waals surface area contributed by atoms with Crippen LogP contribution in [0.25, 0.3) is 16.7 Å². The quantitative estimate of drug-likeness (QED) is 0.648. The Morgan fingerprint density at radius 3 is 2.41 bits per heavy atom. The van der Waals surface area contributed by atoms with Crippen molar-refractivity contribution >= 4 is 22.8 Å². The normalized spacial score (nSPS) is 14.4. The molecule has 1 aromatic carbocycles. The van der Waals surface area contributed by atoms with Gasteiger partial charge in [0.1, 0.15) is 5.39 Å². The van der Waals surface area contributed by atoms with Gasteiger partial charge in [-0.3, -0.25) is 19.0 Å². The van der Waals surface area contributed by atoms with Crippen LogP contribution in [-0.4, -0.2) is 67.1 Å². The third-order valence-corrected chi connectivity index (χ3v) is 5.20. The summed E-state index contributed by atoms with van der Waals surface area (Å²) in [5.74, 6) is -0.000688. The Bertz CT molecular complexity index is 1100. The second-order valence-electron chi connectivity index (χ2n) is 7.01. The molecule has 1 saturated heterocycles. The van der Waals surface area contributed by atoms with Crippen LogP contribution in [0.4, 0.5) is 0 Å². The minimum Gasteiger partial charge on any atom is -0.339 e. The van der Waals surface area contributed by atoms with E-state index in [1.54, 1.807) is 14.5 Å². The highest BCUT2D eigenvalue weighted by Gasteiger charge is 2.22. The molecule has 0 aliphatic carbocycles. The van der Waals surface area contributed by atoms with E-state index in [1.807, 2.05) is 30.3 Å². The van der Waals surface area contributed by atoms with Crippen molar-refractivity contribution in [3.8, 4) is 5.69 Å². The fourth-order valence-corrected chi connectivity index (χ4v) is 3.51. The van der Waals surface area contributed by atoms with Gasteiger partial charge in [0.2, 0.25) is 11.8 Å². The zero-order valence-corrected chi connectivity index (χ0v) is 16.2. The Morgan fingerprint density at radius 1 is 1.03 bits per heavy atom. The van der Waals surface area contributed by atoms with Crippen molar-refractivity contribution in [1.82, 2.24) is 29.1 Å². The maximum absolute atomic E-state index is 12.8. The number of amides is 2. The van der Waals surface area contributed by atoms with Gasteiger partial charge in [0.05, 0.1) is 18.2 Å². The van der Waals surface area contributed by atoms with Crippen molar-refractivity contribution in [2.45, 2.75) is 19.9 Å². The summed E-state index contributed by atoms with van der Waals surface area (Å²) < 4.78 is 3.07. The fraction of sp³-hybridized carbons (Fsp3) is 0.350. The number of carbonyl (C=O) groups is 2. The third-order valence-electron chi connectivity index (χ3n) is 5.20. The molecule has 0 spiro atoms. The van der Waals surface area contributed by atoms with Crippen molar-refractivity contribution in [1.29, 1.82) is 0 Å². The Kier molecular flexibility index (Phi) is 5.11. The first-order chi connectivity index (χ1) is 14.0. The first-order valence-corrected chi connectivity index (χ1v) is 9.56. The number of piperazine rings is 1. The van der Waals surface area contributed by atoms with Gasteiger partial charge < -0.3 is 9.80 Å². The lowest BCUT2D eigenvalue weighted by Crippen LogP contribution is -2.50. The summed E-state index contributed by atoms with van der Waals surface area (Å²) in [6.07, 6.45) is 3.18. The van der Waals surface area contributed by atoms with Crippen LogP contribution in [0.1, 0.15) is 13.3 Å². The van der Waals surface area contributed by atoms with E-state index < -0.39 is 0 Å². The second kappa shape index (κ2) is 7.86. The lowest BCUT2D eigenvalue weighted by atomic mass is 10.2. The number of aryl methyl sites for hydroxylation is 1. The largest absolute Gasteiger partial charge is 0.339 e. The number of para-hydroxylation sites is 1. The Labute approximate surface area is 167 Å². The highest BCUT2D eigenvalue weighted by atomic mass is 16.2. The number of fused-ring (bicyclic) bond motifs is 1. The Morgan fingerprint density at radius 2 is 1.72 bits per heavy atom. The molecular weight excluding hydrogens is 372 g/mol. The lowest BCUT2D eigenvalue weighted by molar-refractivity contribution is -0.138. The smallest absolute Gasteiger partial charge is 0.264 e. The SMILES string of the molecule is CC(=O)N1CCN(C(=O)CCn2cnc3c(cnn3-c3ccccc3)c2=O)CC1. The van der Waals surface area contributed by atoms with Gasteiger partial charge in [-0.05, 0) is 12.1 Å². The van der Waals surface area contributed by atoms with Gasteiger partial charge >= 0.3 is 0 Å². The van der Waals surface area contributed by atoms with E-state index in [2.05, 4.69) is 10.1 Å². The topological polar surface area (TPSA) is 93.3 Å². The molecule has 1 aliphatic heterocycles. The molecule has 3 aromatic rings. The van der Waals surface area contributed by atoms with Crippen molar-refractivity contribution in [3.05, 3.63) is 53.2 Å². The van der Waals surface area contributed by atoms with E-state index in [1.165, 1.54) is 24.0 Å². The maximum Gasteiger partial charge on any atom is 0.264 e. The van der Waals surface area contributed by atoms with Crippen LogP contribution in [0.5, 0.6) is 0 Å². The number of rotatable bonds is 4. The zero-order chi connectivity index (χ0) is 20.4. The first kappa shape index (κ1) is 18.9. The van der Waals surface area contributed by atoms with Gasteiger partial charge in [-0.2, -0.15) is 5.10 Å². The summed E-state index contributed by atoms with van der Waals surface area (Å²) >= 11 is 0. The van der Waals surface area contributed by atoms with Crippen molar-refractivity contribution in [2.75, 3.05) is 26.2 Å². The summed E-state index contributed by atoms with van der Waals surface area (Å²) in [6, 6.07) is 9.48. The van der Waals surface area contributed by atoms with Crippen molar-refractivity contribution in [2.24, 2.45) is 0 Å². The van der Waals surface area contributed by atoms with Gasteiger partial charge in [0, 0.05) is 46.1 Å². The molecule has 0 unspecified atom stereocenters. The molecule has 0 atom stereocenters. The molecule has 4 rings (SSSR count). The number of nitrogens with zero attached hydrogens (tertiary/aromatic N) is 6. The van der Waals surface area contributed by atoms with Crippen LogP contribution in [0.15, 0.2) is 47.7 Å². The average Bonchev–Trinajstić information content (AvgIpc) is 3.19. The minimum absolute atomic E-state index is 0.0269. The van der Waals surface area contributed by atoms with Gasteiger partial charge in [0.25, 0.3) is 5.56 Å². The van der Waals surface area contributed by atoms with E-state index in [0.717, 1.165) is 5.69 Å². The van der Waals surface area contributed by atoms with Crippen LogP contribution in [0, 0.1) is 0 Å². The van der Waals surface area contributed by atoms with Crippen molar-refractivity contribution in [3.63, 3.8) is 0 Å². The van der Waals surface area contributed by atoms with Gasteiger partial charge in [-0.15, -0.1) is 0 Å². The molecule has 0 radical (unpaired) electrons. The summed E-state index contributed by atoms with van der Waals surface area (Å²) in [5.41, 5.74) is 1.10. The number of carbonyl (C=O) groups excluding carboxylic acids is 2. The summed E-state index contributed by atoms with van der Waals surface area (Å²) in [4.78, 5) is 44.5. The monoisotopic (exact) mass is 394 g/mol. The molecular formula is C20H22N6O3. The zero-order valence-electron chi connectivity index (χ0n) is 16.2. The molecule has 9 heteroatoms. The third kappa shape index (κ3) is 3.75. The molecule has 0 saturated carbocycles. The van der Waals surface area contributed by atoms with E-state index in [4.69, 9.17) is 0 Å². The van der Waals surface area contributed by atoms with E-state index in [-0.39, 0.29) is 30.3 Å². The molecule has 1 aliphatic rings. The number of benzene rings is 1. The highest BCUT2D eigenvalue weighted by molar-refractivity contribution is 5.78. The van der Waals surface area contributed by atoms with Crippen LogP contribution < -0.4 is 5.56 Å². The predicted molar refractivity (Wildman–Crippen MR) is 107 cm³/mol. The molecule has 3 heterocycles. The summed E-state index contributed by atoms with van der Waals surface area (Å²) in [5, 5.41) is 4.71. The van der Waals surface area contributed by atoms with Crippen LogP contribution in [0.2, 0.25) is 0 Å². The molecule has 2 amide bonds. The van der Waals surface area contributed by atoms with Gasteiger partial charge in [0.15, 0.2) is 5.65 Å². The Balaban J connectivity index is 1.45. The average molecular weight is 394 g/mol. The maximum atomic E-state index is 12.8. The molecule has 0 N–H and O–H groups in total. The van der Waals surface area contributed by atoms with E-state index in [0.29, 0.717) is 37.2 Å². The number of hydrogen-bond acceptors (Lipinski definition) is 5. The molecule has 0 bridgehead atoms. The summed E-state index contributed by atoms with van der Waals surface area (Å²) in [7, 11) is 0. The summed E-state index contributed by atoms with van der Waals surface area (Å²) in [6.45, 7) is 3.93. The highest BCUT2D eigenvalue weighted by Crippen LogP contribution is 2.13. The predicted octanol–water partition coefficient (Wildman–Crippen LogP) is 0.663. The lowest BCUT2D eigenvalue weighted by Gasteiger charge is -2.34. The van der Waals surface area contributed by atoms with Crippen molar-refractivity contribution < 1.29 is 9.59 Å². The fourth-order valence-electron chi connectivity index (χ4n) is 3.51. The van der Waals surface area contributed by atoms with Crippen LogP contribution >= 0.6 is 0 Å². The Hall–Kier alpha value is -3.49. The number of hydrogen-bond donors (Lipinski definition) is 0. The van der Waals surface area contributed by atoms with Crippen LogP contribution in [0.3, 0.4) is 0 Å². The first-order valence-electron chi connectivity index (χ1n) is 9.56. The van der Waals surface area contributed by atoms with E-state index >= 15 is 0 Å². The second-order valence-corrected chi connectivity index (χ2v) is 7.01. The minimum atomic E-state index is -0.216. The number of aromatic nitrogens is 4. The molecule has 2 aromatic heterocycles. The van der Waals surface area contributed by atoms with Gasteiger partial charge in [-0.1, -0.05) is 18.2 Å². The van der Waals surface area contributed by atoms with Crippen LogP contribution in [-0.2, 0) is 16.1 Å². The van der Waals surface area contributed by atoms with Gasteiger partial charge in [-0.25, -0.2) is 9.67 Å².